The molecule has 0 amide bonds. The van der Waals surface area contributed by atoms with E-state index >= 15 is 0 Å². The summed E-state index contributed by atoms with van der Waals surface area (Å²) in [5.74, 6) is 2.12. The number of aromatic amines is 1. The van der Waals surface area contributed by atoms with Crippen molar-refractivity contribution in [1.82, 2.24) is 14.9 Å². The lowest BCUT2D eigenvalue weighted by atomic mass is 10.2. The third-order valence-corrected chi connectivity index (χ3v) is 4.11. The van der Waals surface area contributed by atoms with Crippen molar-refractivity contribution in [2.24, 2.45) is 5.10 Å². The molecule has 0 bridgehead atoms. The highest BCUT2D eigenvalue weighted by molar-refractivity contribution is 7.71. The summed E-state index contributed by atoms with van der Waals surface area (Å²) in [5, 5.41) is 11.5. The minimum atomic E-state index is -0.0686. The topological polar surface area (TPSA) is 73.7 Å². The van der Waals surface area contributed by atoms with Crippen LogP contribution >= 0.6 is 12.2 Å². The summed E-state index contributed by atoms with van der Waals surface area (Å²) in [6.45, 7) is 7.21. The highest BCUT2D eigenvalue weighted by Gasteiger charge is 2.23. The molecule has 1 atom stereocenters. The van der Waals surface area contributed by atoms with Crippen molar-refractivity contribution >= 4 is 18.4 Å². The first-order chi connectivity index (χ1) is 12.6. The number of H-pyrrole nitrogens is 1. The van der Waals surface area contributed by atoms with Crippen molar-refractivity contribution < 1.29 is 14.2 Å². The molecule has 3 rings (SSSR count). The molecule has 1 aliphatic rings. The molecule has 140 valence electrons. The Balaban J connectivity index is 1.85. The van der Waals surface area contributed by atoms with Gasteiger partial charge in [-0.05, 0) is 69.6 Å². The summed E-state index contributed by atoms with van der Waals surface area (Å²) < 4.78 is 19.2. The number of ether oxygens (including phenoxy) is 3. The van der Waals surface area contributed by atoms with Crippen LogP contribution in [0.25, 0.3) is 0 Å². The zero-order chi connectivity index (χ0) is 18.5. The first-order valence-corrected chi connectivity index (χ1v) is 9.26. The summed E-state index contributed by atoms with van der Waals surface area (Å²) in [6, 6.07) is 5.72. The molecule has 0 radical (unpaired) electrons. The van der Waals surface area contributed by atoms with Crippen molar-refractivity contribution in [3.8, 4) is 11.5 Å². The number of hydrogen-bond donors (Lipinski definition) is 1. The van der Waals surface area contributed by atoms with E-state index in [0.717, 1.165) is 30.8 Å². The molecule has 1 aromatic heterocycles. The Labute approximate surface area is 158 Å². The predicted molar refractivity (Wildman–Crippen MR) is 102 cm³/mol. The van der Waals surface area contributed by atoms with Crippen molar-refractivity contribution in [2.45, 2.75) is 45.8 Å². The Morgan fingerprint density at radius 2 is 2.31 bits per heavy atom. The van der Waals surface area contributed by atoms with Crippen LogP contribution in [-0.2, 0) is 4.74 Å². The normalized spacial score (nSPS) is 17.3. The van der Waals surface area contributed by atoms with Crippen LogP contribution in [0.5, 0.6) is 11.5 Å². The average molecular weight is 376 g/mol. The summed E-state index contributed by atoms with van der Waals surface area (Å²) in [7, 11) is 0. The lowest BCUT2D eigenvalue weighted by Crippen LogP contribution is -2.08. The molecule has 1 aromatic carbocycles. The van der Waals surface area contributed by atoms with E-state index in [1.165, 1.54) is 0 Å². The van der Waals surface area contributed by atoms with Crippen LogP contribution < -0.4 is 9.47 Å². The number of nitrogens with zero attached hydrogens (tertiary/aromatic N) is 3. The van der Waals surface area contributed by atoms with Gasteiger partial charge in [-0.25, -0.2) is 0 Å². The van der Waals surface area contributed by atoms with Gasteiger partial charge in [0.15, 0.2) is 17.3 Å². The van der Waals surface area contributed by atoms with Gasteiger partial charge in [-0.3, -0.25) is 5.10 Å². The lowest BCUT2D eigenvalue weighted by molar-refractivity contribution is 0.102. The van der Waals surface area contributed by atoms with E-state index in [9.17, 15) is 0 Å². The molecule has 1 unspecified atom stereocenters. The smallest absolute Gasteiger partial charge is 0.216 e. The van der Waals surface area contributed by atoms with Gasteiger partial charge in [0.1, 0.15) is 6.10 Å². The Kier molecular flexibility index (Phi) is 6.05. The zero-order valence-electron chi connectivity index (χ0n) is 15.3. The van der Waals surface area contributed by atoms with Crippen LogP contribution in [0.4, 0.5) is 0 Å². The molecule has 0 aliphatic carbocycles. The molecule has 0 spiro atoms. The Bertz CT molecular complexity index is 822. The third kappa shape index (κ3) is 4.31. The van der Waals surface area contributed by atoms with Gasteiger partial charge in [0.25, 0.3) is 0 Å². The van der Waals surface area contributed by atoms with Gasteiger partial charge in [-0.15, -0.1) is 0 Å². The zero-order valence-corrected chi connectivity index (χ0v) is 16.1. The largest absolute Gasteiger partial charge is 0.490 e. The summed E-state index contributed by atoms with van der Waals surface area (Å²) in [6.07, 6.45) is 3.67. The minimum Gasteiger partial charge on any atom is -0.490 e. The fraction of sp³-hybridized carbons (Fsp3) is 0.500. The predicted octanol–water partition coefficient (Wildman–Crippen LogP) is 3.86. The van der Waals surface area contributed by atoms with Gasteiger partial charge in [0, 0.05) is 6.61 Å². The number of hydrogen-bond acceptors (Lipinski definition) is 6. The molecular formula is C18H24N4O3S. The monoisotopic (exact) mass is 376 g/mol. The van der Waals surface area contributed by atoms with Gasteiger partial charge >= 0.3 is 0 Å². The molecule has 26 heavy (non-hydrogen) atoms. The molecule has 1 fully saturated rings. The van der Waals surface area contributed by atoms with Crippen molar-refractivity contribution in [3.63, 3.8) is 0 Å². The molecule has 1 N–H and O–H groups in total. The number of aromatic nitrogens is 3. The molecule has 1 saturated heterocycles. The number of benzene rings is 1. The van der Waals surface area contributed by atoms with E-state index in [1.54, 1.807) is 10.9 Å². The maximum absolute atomic E-state index is 5.79. The quantitative estimate of drug-likeness (QED) is 0.587. The minimum absolute atomic E-state index is 0.0686. The van der Waals surface area contributed by atoms with Crippen molar-refractivity contribution in [3.05, 3.63) is 34.4 Å². The fourth-order valence-corrected chi connectivity index (χ4v) is 2.94. The van der Waals surface area contributed by atoms with Crippen LogP contribution in [0.1, 0.15) is 51.1 Å². The van der Waals surface area contributed by atoms with Crippen LogP contribution in [0.2, 0.25) is 0 Å². The van der Waals surface area contributed by atoms with Gasteiger partial charge in [0.2, 0.25) is 4.77 Å². The van der Waals surface area contributed by atoms with Crippen LogP contribution in [0.3, 0.4) is 0 Å². The van der Waals surface area contributed by atoms with Gasteiger partial charge in [-0.2, -0.15) is 14.9 Å². The van der Waals surface area contributed by atoms with Crippen LogP contribution in [0.15, 0.2) is 23.3 Å². The van der Waals surface area contributed by atoms with Crippen LogP contribution in [0, 0.1) is 4.77 Å². The van der Waals surface area contributed by atoms with Gasteiger partial charge in [0.05, 0.1) is 18.9 Å². The van der Waals surface area contributed by atoms with Gasteiger partial charge in [-0.1, -0.05) is 0 Å². The van der Waals surface area contributed by atoms with Gasteiger partial charge < -0.3 is 14.2 Å². The highest BCUT2D eigenvalue weighted by atomic mass is 32.1. The molecule has 1 aliphatic heterocycles. The Hall–Kier alpha value is -2.19. The summed E-state index contributed by atoms with van der Waals surface area (Å²) in [4.78, 5) is 0. The van der Waals surface area contributed by atoms with E-state index in [2.05, 4.69) is 15.3 Å². The van der Waals surface area contributed by atoms with Crippen molar-refractivity contribution in [2.75, 3.05) is 13.2 Å². The molecular weight excluding hydrogens is 352 g/mol. The molecule has 7 nitrogen and oxygen atoms in total. The molecule has 0 saturated carbocycles. The average Bonchev–Trinajstić information content (AvgIpc) is 3.24. The number of rotatable bonds is 7. The first kappa shape index (κ1) is 18.6. The van der Waals surface area contributed by atoms with E-state index in [-0.39, 0.29) is 12.2 Å². The van der Waals surface area contributed by atoms with E-state index < -0.39 is 0 Å². The fourth-order valence-electron chi connectivity index (χ4n) is 2.75. The second-order valence-corrected chi connectivity index (χ2v) is 6.64. The Morgan fingerprint density at radius 3 is 3.00 bits per heavy atom. The standard InChI is InChI=1S/C18H24N4O3S/c1-4-23-16-10-13(7-8-14(16)25-12(2)3)11-19-22-17(20-21-18(22)26)15-6-5-9-24-15/h7-8,10-12,15H,4-6,9H2,1-3H3,(H,21,26)/b19-11-. The number of nitrogens with one attached hydrogen (secondary N) is 1. The molecule has 2 aromatic rings. The first-order valence-electron chi connectivity index (χ1n) is 8.85. The van der Waals surface area contributed by atoms with E-state index in [4.69, 9.17) is 26.4 Å². The second-order valence-electron chi connectivity index (χ2n) is 6.25. The van der Waals surface area contributed by atoms with E-state index in [1.807, 2.05) is 39.0 Å². The summed E-state index contributed by atoms with van der Waals surface area (Å²) in [5.41, 5.74) is 0.881. The van der Waals surface area contributed by atoms with Crippen LogP contribution in [-0.4, -0.2) is 40.4 Å². The molecule has 8 heteroatoms. The van der Waals surface area contributed by atoms with E-state index in [0.29, 0.717) is 23.0 Å². The molecule has 2 heterocycles. The third-order valence-electron chi connectivity index (χ3n) is 3.85. The Morgan fingerprint density at radius 1 is 1.46 bits per heavy atom. The highest BCUT2D eigenvalue weighted by Crippen LogP contribution is 2.29. The summed E-state index contributed by atoms with van der Waals surface area (Å²) >= 11 is 5.29. The maximum Gasteiger partial charge on any atom is 0.216 e. The maximum atomic E-state index is 5.79. The van der Waals surface area contributed by atoms with Crippen molar-refractivity contribution in [1.29, 1.82) is 0 Å². The second kappa shape index (κ2) is 8.46. The lowest BCUT2D eigenvalue weighted by Gasteiger charge is -2.14. The SMILES string of the molecule is CCOc1cc(/C=N\n2c(C3CCCO3)n[nH]c2=S)ccc1OC(C)C.